The summed E-state index contributed by atoms with van der Waals surface area (Å²) in [4.78, 5) is 10.1. The first-order valence-corrected chi connectivity index (χ1v) is 2.77. The Morgan fingerprint density at radius 2 is 2.38 bits per heavy atom. The minimum atomic E-state index is -1.96. The van der Waals surface area contributed by atoms with E-state index >= 15 is 0 Å². The fourth-order valence-corrected chi connectivity index (χ4v) is 0.774. The lowest BCUT2D eigenvalue weighted by Gasteiger charge is -1.85. The van der Waals surface area contributed by atoms with Crippen molar-refractivity contribution in [3.05, 3.63) is 0 Å². The van der Waals surface area contributed by atoms with Crippen molar-refractivity contribution in [2.45, 2.75) is 6.23 Å². The first-order valence-electron chi connectivity index (χ1n) is 1.77. The van der Waals surface area contributed by atoms with Gasteiger partial charge in [-0.15, -0.1) is 0 Å². The standard InChI is InChI=1S/C2H3NO4S/c3-1-2(4)7-8(5)6-1/h1H,3H2. The monoisotopic (exact) mass is 137 g/mol. The molecule has 46 valence electrons. The van der Waals surface area contributed by atoms with E-state index in [4.69, 9.17) is 5.73 Å². The third-order valence-corrected chi connectivity index (χ3v) is 1.23. The summed E-state index contributed by atoms with van der Waals surface area (Å²) in [5.74, 6) is -0.789. The number of carbonyl (C=O) groups is 1. The van der Waals surface area contributed by atoms with Crippen molar-refractivity contribution >= 4 is 17.3 Å². The number of rotatable bonds is 0. The molecule has 1 rings (SSSR count). The van der Waals surface area contributed by atoms with Crippen LogP contribution >= 0.6 is 0 Å². The molecule has 1 heterocycles. The van der Waals surface area contributed by atoms with Gasteiger partial charge in [-0.3, -0.25) is 5.73 Å². The van der Waals surface area contributed by atoms with Crippen LogP contribution < -0.4 is 5.73 Å². The Hall–Kier alpha value is -0.460. The van der Waals surface area contributed by atoms with Gasteiger partial charge in [-0.25, -0.2) is 8.98 Å². The molecule has 0 aromatic carbocycles. The van der Waals surface area contributed by atoms with Gasteiger partial charge in [0.15, 0.2) is 0 Å². The zero-order chi connectivity index (χ0) is 6.15. The maximum absolute atomic E-state index is 10.1. The molecule has 0 aromatic heterocycles. The quantitative estimate of drug-likeness (QED) is 0.436. The fourth-order valence-electron chi connectivity index (χ4n) is 0.258. The molecule has 5 nitrogen and oxygen atoms in total. The SMILES string of the molecule is NC1OS(=O)OC1=O. The molecule has 0 radical (unpaired) electrons. The van der Waals surface area contributed by atoms with Crippen LogP contribution in [0.15, 0.2) is 0 Å². The van der Waals surface area contributed by atoms with Gasteiger partial charge in [0.05, 0.1) is 0 Å². The molecule has 1 aliphatic heterocycles. The molecule has 0 spiro atoms. The van der Waals surface area contributed by atoms with Gasteiger partial charge in [-0.05, 0) is 0 Å². The average molecular weight is 137 g/mol. The van der Waals surface area contributed by atoms with Crippen LogP contribution in [-0.2, 0) is 24.5 Å². The smallest absolute Gasteiger partial charge is 0.339 e. The maximum atomic E-state index is 10.1. The summed E-state index contributed by atoms with van der Waals surface area (Å²) in [5.41, 5.74) is 4.88. The Kier molecular flexibility index (Phi) is 1.28. The van der Waals surface area contributed by atoms with Crippen molar-refractivity contribution in [3.8, 4) is 0 Å². The maximum Gasteiger partial charge on any atom is 0.367 e. The second-order valence-corrected chi connectivity index (χ2v) is 1.89. The van der Waals surface area contributed by atoms with Crippen LogP contribution in [0.25, 0.3) is 0 Å². The van der Waals surface area contributed by atoms with E-state index in [1.54, 1.807) is 0 Å². The highest BCUT2D eigenvalue weighted by Crippen LogP contribution is 2.04. The lowest BCUT2D eigenvalue weighted by atomic mass is 10.6. The van der Waals surface area contributed by atoms with E-state index in [0.717, 1.165) is 0 Å². The second kappa shape index (κ2) is 1.81. The molecule has 1 fully saturated rings. The molecule has 1 aliphatic rings. The van der Waals surface area contributed by atoms with Crippen molar-refractivity contribution in [2.24, 2.45) is 5.73 Å². The van der Waals surface area contributed by atoms with Crippen molar-refractivity contribution < 1.29 is 17.4 Å². The van der Waals surface area contributed by atoms with Crippen LogP contribution in [0.5, 0.6) is 0 Å². The summed E-state index contributed by atoms with van der Waals surface area (Å²) in [6.07, 6.45) is -1.17. The average Bonchev–Trinajstić information content (AvgIpc) is 1.85. The normalized spacial score (nSPS) is 37.4. The van der Waals surface area contributed by atoms with E-state index in [0.29, 0.717) is 0 Å². The van der Waals surface area contributed by atoms with Gasteiger partial charge in [0, 0.05) is 0 Å². The minimum absolute atomic E-state index is 0.789. The molecule has 1 saturated heterocycles. The van der Waals surface area contributed by atoms with Crippen LogP contribution in [-0.4, -0.2) is 16.4 Å². The molecule has 0 aromatic rings. The highest BCUT2D eigenvalue weighted by Gasteiger charge is 2.30. The van der Waals surface area contributed by atoms with Gasteiger partial charge in [-0.2, -0.15) is 4.21 Å². The molecular weight excluding hydrogens is 134 g/mol. The lowest BCUT2D eigenvalue weighted by molar-refractivity contribution is -0.135. The van der Waals surface area contributed by atoms with E-state index in [2.05, 4.69) is 8.37 Å². The summed E-state index contributed by atoms with van der Waals surface area (Å²) in [6.45, 7) is 0. The van der Waals surface area contributed by atoms with Gasteiger partial charge in [0.2, 0.25) is 6.23 Å². The number of hydrogen-bond acceptors (Lipinski definition) is 5. The summed E-state index contributed by atoms with van der Waals surface area (Å²) < 4.78 is 18.1. The van der Waals surface area contributed by atoms with E-state index in [1.807, 2.05) is 0 Å². The lowest BCUT2D eigenvalue weighted by Crippen LogP contribution is -2.26. The topological polar surface area (TPSA) is 78.6 Å². The van der Waals surface area contributed by atoms with Crippen molar-refractivity contribution in [1.29, 1.82) is 0 Å². The molecule has 6 heteroatoms. The third-order valence-electron chi connectivity index (χ3n) is 0.565. The van der Waals surface area contributed by atoms with Gasteiger partial charge >= 0.3 is 17.3 Å². The van der Waals surface area contributed by atoms with Gasteiger partial charge in [0.1, 0.15) is 0 Å². The van der Waals surface area contributed by atoms with Crippen LogP contribution in [0, 0.1) is 0 Å². The van der Waals surface area contributed by atoms with E-state index in [9.17, 15) is 9.00 Å². The van der Waals surface area contributed by atoms with E-state index in [-0.39, 0.29) is 0 Å². The summed E-state index contributed by atoms with van der Waals surface area (Å²) in [5, 5.41) is 0. The van der Waals surface area contributed by atoms with Crippen molar-refractivity contribution in [2.75, 3.05) is 0 Å². The minimum Gasteiger partial charge on any atom is -0.339 e. The molecule has 8 heavy (non-hydrogen) atoms. The first kappa shape index (κ1) is 5.67. The largest absolute Gasteiger partial charge is 0.367 e. The molecule has 2 atom stereocenters. The highest BCUT2D eigenvalue weighted by atomic mass is 32.2. The molecule has 2 N–H and O–H groups in total. The zero-order valence-electron chi connectivity index (χ0n) is 3.70. The Bertz CT molecular complexity index is 145. The predicted octanol–water partition coefficient (Wildman–Crippen LogP) is -1.58. The van der Waals surface area contributed by atoms with E-state index in [1.165, 1.54) is 0 Å². The molecule has 2 unspecified atom stereocenters. The van der Waals surface area contributed by atoms with Crippen LogP contribution in [0.4, 0.5) is 0 Å². The van der Waals surface area contributed by atoms with Crippen molar-refractivity contribution in [1.82, 2.24) is 0 Å². The summed E-state index contributed by atoms with van der Waals surface area (Å²) in [7, 11) is 0. The number of hydrogen-bond donors (Lipinski definition) is 1. The van der Waals surface area contributed by atoms with Crippen LogP contribution in [0.2, 0.25) is 0 Å². The number of carbonyl (C=O) groups excluding carboxylic acids is 1. The van der Waals surface area contributed by atoms with Crippen LogP contribution in [0.1, 0.15) is 0 Å². The molecule has 0 saturated carbocycles. The Morgan fingerprint density at radius 1 is 1.75 bits per heavy atom. The molecule has 0 amide bonds. The Morgan fingerprint density at radius 3 is 2.50 bits per heavy atom. The van der Waals surface area contributed by atoms with Gasteiger partial charge in [-0.1, -0.05) is 0 Å². The predicted molar refractivity (Wildman–Crippen MR) is 23.3 cm³/mol. The first-order chi connectivity index (χ1) is 3.70. The molecule has 0 bridgehead atoms. The number of nitrogens with two attached hydrogens (primary N) is 1. The Labute approximate surface area is 47.6 Å². The zero-order valence-corrected chi connectivity index (χ0v) is 4.51. The second-order valence-electron chi connectivity index (χ2n) is 1.12. The molecule has 0 aliphatic carbocycles. The van der Waals surface area contributed by atoms with Crippen molar-refractivity contribution in [3.63, 3.8) is 0 Å². The van der Waals surface area contributed by atoms with Gasteiger partial charge in [0.25, 0.3) is 0 Å². The summed E-state index contributed by atoms with van der Waals surface area (Å²) >= 11 is -1.96. The third kappa shape index (κ3) is 0.857. The fraction of sp³-hybridized carbons (Fsp3) is 0.500. The molecular formula is C2H3NO4S. The van der Waals surface area contributed by atoms with Gasteiger partial charge < -0.3 is 4.18 Å². The summed E-state index contributed by atoms with van der Waals surface area (Å²) in [6, 6.07) is 0. The van der Waals surface area contributed by atoms with Crippen LogP contribution in [0.3, 0.4) is 0 Å². The van der Waals surface area contributed by atoms with E-state index < -0.39 is 23.6 Å². The Balaban J connectivity index is 2.64. The highest BCUT2D eigenvalue weighted by molar-refractivity contribution is 7.76.